The van der Waals surface area contributed by atoms with Crippen LogP contribution in [0.4, 0.5) is 5.69 Å². The molecule has 1 N–H and O–H groups in total. The van der Waals surface area contributed by atoms with E-state index in [4.69, 9.17) is 34.8 Å². The highest BCUT2D eigenvalue weighted by Crippen LogP contribution is 2.31. The van der Waals surface area contributed by atoms with E-state index in [1.54, 1.807) is 62.4 Å². The third-order valence-corrected chi connectivity index (χ3v) is 8.66. The largest absolute Gasteiger partial charge is 0.357 e. The first-order chi connectivity index (χ1) is 17.5. The molecule has 0 saturated heterocycles. The minimum absolute atomic E-state index is 0.00817. The number of carbonyl (C=O) groups is 2. The number of benzene rings is 3. The summed E-state index contributed by atoms with van der Waals surface area (Å²) in [4.78, 5) is 27.6. The lowest BCUT2D eigenvalue weighted by atomic mass is 10.1. The third-order valence-electron chi connectivity index (χ3n) is 5.89. The maximum Gasteiger partial charge on any atom is 0.264 e. The second-order valence-electron chi connectivity index (χ2n) is 8.26. The Morgan fingerprint density at radius 1 is 0.946 bits per heavy atom. The predicted molar refractivity (Wildman–Crippen MR) is 148 cm³/mol. The Hall–Kier alpha value is -2.78. The Labute approximate surface area is 232 Å². The van der Waals surface area contributed by atoms with Gasteiger partial charge in [-0.3, -0.25) is 13.9 Å². The van der Waals surface area contributed by atoms with Crippen molar-refractivity contribution in [3.05, 3.63) is 92.9 Å². The zero-order chi connectivity index (χ0) is 27.3. The highest BCUT2D eigenvalue weighted by atomic mass is 35.5. The summed E-state index contributed by atoms with van der Waals surface area (Å²) in [5, 5.41) is 3.61. The van der Waals surface area contributed by atoms with E-state index in [0.29, 0.717) is 26.2 Å². The molecule has 0 aliphatic heterocycles. The van der Waals surface area contributed by atoms with Crippen molar-refractivity contribution >= 4 is 62.3 Å². The SMILES string of the molecule is CNC(=O)[C@H](C)N(Cc1ccc(Cl)cc1Cl)C(=O)CN(c1cccc(Cl)c1C)S(=O)(=O)c1ccccc1. The van der Waals surface area contributed by atoms with Crippen molar-refractivity contribution in [2.75, 3.05) is 17.9 Å². The predicted octanol–water partition coefficient (Wildman–Crippen LogP) is 5.31. The van der Waals surface area contributed by atoms with Crippen LogP contribution in [0.2, 0.25) is 15.1 Å². The number of hydrogen-bond donors (Lipinski definition) is 1. The molecule has 1 atom stereocenters. The molecule has 0 aromatic heterocycles. The maximum atomic E-state index is 13.8. The Morgan fingerprint density at radius 2 is 1.62 bits per heavy atom. The van der Waals surface area contributed by atoms with Gasteiger partial charge < -0.3 is 10.2 Å². The topological polar surface area (TPSA) is 86.8 Å². The number of likely N-dealkylation sites (N-methyl/N-ethyl adjacent to an activating group) is 1. The zero-order valence-electron chi connectivity index (χ0n) is 20.4. The summed E-state index contributed by atoms with van der Waals surface area (Å²) in [6, 6.07) is 16.5. The lowest BCUT2D eigenvalue weighted by molar-refractivity contribution is -0.139. The number of nitrogens with one attached hydrogen (secondary N) is 1. The van der Waals surface area contributed by atoms with E-state index >= 15 is 0 Å². The van der Waals surface area contributed by atoms with Gasteiger partial charge in [-0.25, -0.2) is 8.42 Å². The summed E-state index contributed by atoms with van der Waals surface area (Å²) in [6.07, 6.45) is 0. The average Bonchev–Trinajstić information content (AvgIpc) is 2.88. The Kier molecular flexibility index (Phi) is 9.47. The van der Waals surface area contributed by atoms with Gasteiger partial charge in [0.05, 0.1) is 10.6 Å². The van der Waals surface area contributed by atoms with Gasteiger partial charge in [0.2, 0.25) is 11.8 Å². The second kappa shape index (κ2) is 12.2. The lowest BCUT2D eigenvalue weighted by Crippen LogP contribution is -2.50. The molecule has 2 amide bonds. The van der Waals surface area contributed by atoms with Crippen LogP contribution < -0.4 is 9.62 Å². The normalized spacial score (nSPS) is 12.1. The van der Waals surface area contributed by atoms with E-state index in [1.807, 2.05) is 0 Å². The number of hydrogen-bond acceptors (Lipinski definition) is 4. The van der Waals surface area contributed by atoms with Gasteiger partial charge in [0.25, 0.3) is 10.0 Å². The summed E-state index contributed by atoms with van der Waals surface area (Å²) in [5.74, 6) is -1.03. The van der Waals surface area contributed by atoms with Gasteiger partial charge >= 0.3 is 0 Å². The smallest absolute Gasteiger partial charge is 0.264 e. The average molecular weight is 583 g/mol. The summed E-state index contributed by atoms with van der Waals surface area (Å²) >= 11 is 18.7. The van der Waals surface area contributed by atoms with E-state index in [9.17, 15) is 18.0 Å². The molecule has 0 unspecified atom stereocenters. The standard InChI is InChI=1S/C26H26Cl3N3O4S/c1-17-22(28)10-7-11-24(17)32(37(35,36)21-8-5-4-6-9-21)16-25(33)31(18(2)26(34)30-3)15-19-12-13-20(27)14-23(19)29/h4-14,18H,15-16H2,1-3H3,(H,30,34)/t18-/m0/s1. The number of rotatable bonds is 9. The van der Waals surface area contributed by atoms with Gasteiger partial charge in [-0.15, -0.1) is 0 Å². The van der Waals surface area contributed by atoms with E-state index in [-0.39, 0.29) is 17.1 Å². The maximum absolute atomic E-state index is 13.8. The number of sulfonamides is 1. The fourth-order valence-corrected chi connectivity index (χ4v) is 5.85. The Morgan fingerprint density at radius 3 is 2.24 bits per heavy atom. The van der Waals surface area contributed by atoms with Crippen molar-refractivity contribution in [3.63, 3.8) is 0 Å². The van der Waals surface area contributed by atoms with Crippen LogP contribution in [0.15, 0.2) is 71.6 Å². The fraction of sp³-hybridized carbons (Fsp3) is 0.231. The number of halogens is 3. The zero-order valence-corrected chi connectivity index (χ0v) is 23.5. The van der Waals surface area contributed by atoms with E-state index in [0.717, 1.165) is 4.31 Å². The molecular formula is C26H26Cl3N3O4S. The van der Waals surface area contributed by atoms with E-state index in [2.05, 4.69) is 5.32 Å². The highest BCUT2D eigenvalue weighted by Gasteiger charge is 2.33. The van der Waals surface area contributed by atoms with Crippen molar-refractivity contribution in [3.8, 4) is 0 Å². The Balaban J connectivity index is 2.08. The van der Waals surface area contributed by atoms with Gasteiger partial charge in [-0.05, 0) is 61.4 Å². The van der Waals surface area contributed by atoms with Gasteiger partial charge in [0.15, 0.2) is 0 Å². The van der Waals surface area contributed by atoms with E-state index < -0.39 is 34.4 Å². The molecule has 0 aliphatic rings. The summed E-state index contributed by atoms with van der Waals surface area (Å²) in [6.45, 7) is 2.61. The molecule has 11 heteroatoms. The summed E-state index contributed by atoms with van der Waals surface area (Å²) < 4.78 is 28.5. The molecule has 0 bridgehead atoms. The number of carbonyl (C=O) groups excluding carboxylic acids is 2. The molecule has 3 rings (SSSR count). The minimum atomic E-state index is -4.18. The molecule has 37 heavy (non-hydrogen) atoms. The Bertz CT molecular complexity index is 1400. The van der Waals surface area contributed by atoms with Crippen molar-refractivity contribution in [2.24, 2.45) is 0 Å². The van der Waals surface area contributed by atoms with Crippen molar-refractivity contribution in [2.45, 2.75) is 31.3 Å². The van der Waals surface area contributed by atoms with Crippen LogP contribution in [0.25, 0.3) is 0 Å². The van der Waals surface area contributed by atoms with Gasteiger partial charge in [-0.2, -0.15) is 0 Å². The molecule has 0 heterocycles. The number of nitrogens with zero attached hydrogens (tertiary/aromatic N) is 2. The third kappa shape index (κ3) is 6.57. The molecule has 7 nitrogen and oxygen atoms in total. The molecule has 0 radical (unpaired) electrons. The van der Waals surface area contributed by atoms with Crippen LogP contribution in [0.3, 0.4) is 0 Å². The van der Waals surface area contributed by atoms with Crippen LogP contribution >= 0.6 is 34.8 Å². The van der Waals surface area contributed by atoms with Crippen LogP contribution in [-0.2, 0) is 26.2 Å². The number of anilines is 1. The lowest BCUT2D eigenvalue weighted by Gasteiger charge is -2.32. The van der Waals surface area contributed by atoms with Gasteiger partial charge in [0, 0.05) is 28.7 Å². The van der Waals surface area contributed by atoms with Crippen LogP contribution in [0, 0.1) is 6.92 Å². The second-order valence-corrected chi connectivity index (χ2v) is 11.4. The van der Waals surface area contributed by atoms with Crippen molar-refractivity contribution < 1.29 is 18.0 Å². The fourth-order valence-electron chi connectivity index (χ4n) is 3.72. The number of amides is 2. The molecule has 196 valence electrons. The molecule has 0 fully saturated rings. The summed E-state index contributed by atoms with van der Waals surface area (Å²) in [7, 11) is -2.72. The summed E-state index contributed by atoms with van der Waals surface area (Å²) in [5.41, 5.74) is 1.29. The van der Waals surface area contributed by atoms with Crippen LogP contribution in [0.1, 0.15) is 18.1 Å². The van der Waals surface area contributed by atoms with Crippen LogP contribution in [0.5, 0.6) is 0 Å². The van der Waals surface area contributed by atoms with Crippen LogP contribution in [-0.4, -0.2) is 44.8 Å². The molecule has 3 aromatic rings. The first kappa shape index (κ1) is 28.8. The monoisotopic (exact) mass is 581 g/mol. The van der Waals surface area contributed by atoms with Gasteiger partial charge in [-0.1, -0.05) is 65.1 Å². The first-order valence-electron chi connectivity index (χ1n) is 11.2. The highest BCUT2D eigenvalue weighted by molar-refractivity contribution is 7.92. The van der Waals surface area contributed by atoms with Gasteiger partial charge in [0.1, 0.15) is 12.6 Å². The molecule has 0 aliphatic carbocycles. The molecule has 0 saturated carbocycles. The molecule has 0 spiro atoms. The molecule has 3 aromatic carbocycles. The minimum Gasteiger partial charge on any atom is -0.357 e. The van der Waals surface area contributed by atoms with Crippen molar-refractivity contribution in [1.29, 1.82) is 0 Å². The van der Waals surface area contributed by atoms with E-state index in [1.165, 1.54) is 30.1 Å². The van der Waals surface area contributed by atoms with Crippen molar-refractivity contribution in [1.82, 2.24) is 10.2 Å². The first-order valence-corrected chi connectivity index (χ1v) is 13.8. The molecular weight excluding hydrogens is 557 g/mol. The quantitative estimate of drug-likeness (QED) is 0.370.